The molecular formula is C21H22FN3O2. The van der Waals surface area contributed by atoms with Crippen molar-refractivity contribution >= 4 is 6.03 Å². The molecule has 2 aromatic carbocycles. The highest BCUT2D eigenvalue weighted by molar-refractivity contribution is 5.78. The predicted octanol–water partition coefficient (Wildman–Crippen LogP) is 3.26. The lowest BCUT2D eigenvalue weighted by Crippen LogP contribution is -2.67. The number of likely N-dealkylation sites (tertiary alicyclic amines) is 1. The Hall–Kier alpha value is -2.91. The SMILES string of the molecule is CCCNC(=O)N1[C@H](C#N)[C@H](c2ccccc2-c2ccc(F)cc2)[C@@H]1CO. The molecular weight excluding hydrogens is 345 g/mol. The normalized spacial score (nSPS) is 21.3. The van der Waals surface area contributed by atoms with Crippen molar-refractivity contribution in [2.45, 2.75) is 31.3 Å². The molecule has 140 valence electrons. The number of aliphatic hydroxyl groups is 1. The summed E-state index contributed by atoms with van der Waals surface area (Å²) < 4.78 is 13.3. The number of benzene rings is 2. The molecule has 0 radical (unpaired) electrons. The zero-order valence-corrected chi connectivity index (χ0v) is 15.1. The first kappa shape index (κ1) is 18.9. The van der Waals surface area contributed by atoms with Gasteiger partial charge < -0.3 is 15.3 Å². The fraction of sp³-hybridized carbons (Fsp3) is 0.333. The van der Waals surface area contributed by atoms with E-state index in [1.54, 1.807) is 12.1 Å². The summed E-state index contributed by atoms with van der Waals surface area (Å²) in [7, 11) is 0. The maximum Gasteiger partial charge on any atom is 0.318 e. The lowest BCUT2D eigenvalue weighted by atomic mass is 9.73. The summed E-state index contributed by atoms with van der Waals surface area (Å²) in [4.78, 5) is 13.8. The molecule has 0 bridgehead atoms. The minimum Gasteiger partial charge on any atom is -0.394 e. The molecule has 6 heteroatoms. The van der Waals surface area contributed by atoms with Gasteiger partial charge in [0.1, 0.15) is 11.9 Å². The fourth-order valence-corrected chi connectivity index (χ4v) is 3.66. The van der Waals surface area contributed by atoms with Gasteiger partial charge in [0.2, 0.25) is 0 Å². The van der Waals surface area contributed by atoms with E-state index in [0.29, 0.717) is 6.54 Å². The van der Waals surface area contributed by atoms with E-state index in [0.717, 1.165) is 23.1 Å². The average molecular weight is 367 g/mol. The van der Waals surface area contributed by atoms with Crippen LogP contribution in [0.3, 0.4) is 0 Å². The average Bonchev–Trinajstić information content (AvgIpc) is 2.67. The number of nitriles is 1. The molecule has 1 heterocycles. The number of nitrogens with one attached hydrogen (secondary N) is 1. The van der Waals surface area contributed by atoms with Gasteiger partial charge in [-0.1, -0.05) is 43.3 Å². The second-order valence-electron chi connectivity index (χ2n) is 6.58. The van der Waals surface area contributed by atoms with Gasteiger partial charge >= 0.3 is 6.03 Å². The summed E-state index contributed by atoms with van der Waals surface area (Å²) in [5.74, 6) is -0.629. The van der Waals surface area contributed by atoms with E-state index in [1.165, 1.54) is 17.0 Å². The molecule has 1 aliphatic rings. The highest BCUT2D eigenvalue weighted by atomic mass is 19.1. The van der Waals surface area contributed by atoms with Crippen molar-refractivity contribution < 1.29 is 14.3 Å². The Morgan fingerprint density at radius 1 is 1.26 bits per heavy atom. The minimum absolute atomic E-state index is 0.236. The van der Waals surface area contributed by atoms with Crippen molar-refractivity contribution in [1.29, 1.82) is 5.26 Å². The number of carbonyl (C=O) groups excluding carboxylic acids is 1. The molecule has 0 aliphatic carbocycles. The second kappa shape index (κ2) is 8.19. The lowest BCUT2D eigenvalue weighted by molar-refractivity contribution is 0.0171. The van der Waals surface area contributed by atoms with Crippen LogP contribution in [0.1, 0.15) is 24.8 Å². The zero-order chi connectivity index (χ0) is 19.4. The van der Waals surface area contributed by atoms with Crippen LogP contribution in [0.5, 0.6) is 0 Å². The van der Waals surface area contributed by atoms with Crippen molar-refractivity contribution in [3.8, 4) is 17.2 Å². The Labute approximate surface area is 158 Å². The molecule has 1 fully saturated rings. The Kier molecular flexibility index (Phi) is 5.72. The molecule has 0 saturated carbocycles. The number of nitrogens with zero attached hydrogens (tertiary/aromatic N) is 2. The van der Waals surface area contributed by atoms with Gasteiger partial charge in [-0.05, 0) is 35.2 Å². The van der Waals surface area contributed by atoms with Crippen LogP contribution in [0, 0.1) is 17.1 Å². The highest BCUT2D eigenvalue weighted by Crippen LogP contribution is 2.43. The quantitative estimate of drug-likeness (QED) is 0.852. The minimum atomic E-state index is -0.666. The van der Waals surface area contributed by atoms with Gasteiger partial charge in [-0.15, -0.1) is 0 Å². The molecule has 0 aromatic heterocycles. The Morgan fingerprint density at radius 3 is 2.59 bits per heavy atom. The van der Waals surface area contributed by atoms with Crippen molar-refractivity contribution in [3.05, 3.63) is 59.9 Å². The summed E-state index contributed by atoms with van der Waals surface area (Å²) in [5, 5.41) is 22.3. The predicted molar refractivity (Wildman–Crippen MR) is 100 cm³/mol. The number of hydrogen-bond donors (Lipinski definition) is 2. The Morgan fingerprint density at radius 2 is 1.96 bits per heavy atom. The molecule has 0 spiro atoms. The first-order valence-electron chi connectivity index (χ1n) is 9.03. The molecule has 2 aromatic rings. The van der Waals surface area contributed by atoms with E-state index in [9.17, 15) is 19.6 Å². The summed E-state index contributed by atoms with van der Waals surface area (Å²) >= 11 is 0. The van der Waals surface area contributed by atoms with Crippen molar-refractivity contribution in [3.63, 3.8) is 0 Å². The van der Waals surface area contributed by atoms with E-state index < -0.39 is 12.1 Å². The molecule has 27 heavy (non-hydrogen) atoms. The van der Waals surface area contributed by atoms with Crippen LogP contribution >= 0.6 is 0 Å². The van der Waals surface area contributed by atoms with Gasteiger partial charge in [-0.2, -0.15) is 5.26 Å². The van der Waals surface area contributed by atoms with Crippen LogP contribution in [-0.2, 0) is 0 Å². The number of urea groups is 1. The van der Waals surface area contributed by atoms with E-state index in [2.05, 4.69) is 11.4 Å². The van der Waals surface area contributed by atoms with E-state index >= 15 is 0 Å². The molecule has 3 atom stereocenters. The molecule has 2 amide bonds. The summed E-state index contributed by atoms with van der Waals surface area (Å²) in [5.41, 5.74) is 2.57. The third-order valence-corrected chi connectivity index (χ3v) is 4.97. The van der Waals surface area contributed by atoms with Crippen LogP contribution in [-0.4, -0.2) is 41.3 Å². The van der Waals surface area contributed by atoms with Gasteiger partial charge in [0.15, 0.2) is 0 Å². The van der Waals surface area contributed by atoms with Crippen LogP contribution in [0.15, 0.2) is 48.5 Å². The standard InChI is InChI=1S/C21H22FN3O2/c1-2-11-24-21(27)25-18(12-23)20(19(25)13-26)17-6-4-3-5-16(17)14-7-9-15(22)10-8-14/h3-10,18-20,26H,2,11,13H2,1H3,(H,24,27)/t18-,19+,20+/m1/s1. The lowest BCUT2D eigenvalue weighted by Gasteiger charge is -2.51. The van der Waals surface area contributed by atoms with Crippen LogP contribution in [0.25, 0.3) is 11.1 Å². The van der Waals surface area contributed by atoms with Crippen LogP contribution in [0.2, 0.25) is 0 Å². The van der Waals surface area contributed by atoms with Gasteiger partial charge in [-0.25, -0.2) is 9.18 Å². The van der Waals surface area contributed by atoms with Crippen LogP contribution in [0.4, 0.5) is 9.18 Å². The number of hydrogen-bond acceptors (Lipinski definition) is 3. The number of aliphatic hydroxyl groups excluding tert-OH is 1. The maximum atomic E-state index is 13.3. The van der Waals surface area contributed by atoms with E-state index in [4.69, 9.17) is 0 Å². The molecule has 5 nitrogen and oxygen atoms in total. The molecule has 3 rings (SSSR count). The Bertz CT molecular complexity index is 847. The van der Waals surface area contributed by atoms with E-state index in [1.807, 2.05) is 31.2 Å². The fourth-order valence-electron chi connectivity index (χ4n) is 3.66. The van der Waals surface area contributed by atoms with Gasteiger partial charge in [0.25, 0.3) is 0 Å². The Balaban J connectivity index is 1.95. The number of amides is 2. The largest absolute Gasteiger partial charge is 0.394 e. The number of carbonyl (C=O) groups is 1. The summed E-state index contributed by atoms with van der Waals surface area (Å²) in [6, 6.07) is 14.4. The third-order valence-electron chi connectivity index (χ3n) is 4.97. The number of halogens is 1. The molecule has 1 aliphatic heterocycles. The smallest absolute Gasteiger partial charge is 0.318 e. The molecule has 2 N–H and O–H groups in total. The van der Waals surface area contributed by atoms with Crippen LogP contribution < -0.4 is 5.32 Å². The summed E-state index contributed by atoms with van der Waals surface area (Å²) in [6.45, 7) is 2.23. The topological polar surface area (TPSA) is 76.4 Å². The summed E-state index contributed by atoms with van der Waals surface area (Å²) in [6.07, 6.45) is 0.789. The highest BCUT2D eigenvalue weighted by Gasteiger charge is 2.52. The zero-order valence-electron chi connectivity index (χ0n) is 15.1. The third kappa shape index (κ3) is 3.51. The molecule has 0 unspecified atom stereocenters. The van der Waals surface area contributed by atoms with E-state index in [-0.39, 0.29) is 24.4 Å². The van der Waals surface area contributed by atoms with Gasteiger partial charge in [0.05, 0.1) is 18.7 Å². The van der Waals surface area contributed by atoms with Crippen molar-refractivity contribution in [2.75, 3.05) is 13.2 Å². The molecule has 1 saturated heterocycles. The number of rotatable bonds is 5. The second-order valence-corrected chi connectivity index (χ2v) is 6.58. The van der Waals surface area contributed by atoms with Crippen molar-refractivity contribution in [1.82, 2.24) is 10.2 Å². The maximum absolute atomic E-state index is 13.3. The van der Waals surface area contributed by atoms with Crippen molar-refractivity contribution in [2.24, 2.45) is 0 Å². The first-order valence-corrected chi connectivity index (χ1v) is 9.03. The first-order chi connectivity index (χ1) is 13.1. The van der Waals surface area contributed by atoms with Gasteiger partial charge in [0, 0.05) is 12.5 Å². The monoisotopic (exact) mass is 367 g/mol. The van der Waals surface area contributed by atoms with Gasteiger partial charge in [-0.3, -0.25) is 0 Å².